The van der Waals surface area contributed by atoms with Crippen molar-refractivity contribution in [2.45, 2.75) is 125 Å². The SMILES string of the molecule is Cc1ccc(OCC(O)CN(Cc2ccccc2)Cc2cccnc2C)nc1.Cc1ccc(OCC(O)CN(Cc2ccccc2)Cc2cnccc2C)nc1.Cc1ccc(OCC(O)CN(Cc2cccnc2)Cc2ccccc2C)nc1.Cc1ccc(OCC(O)CN(Cc2cccnc2)Cc2ccccc2Cl)cc1. The Morgan fingerprint density at radius 2 is 0.661 bits per heavy atom. The predicted octanol–water partition coefficient (Wildman–Crippen LogP) is 15.1. The number of aromatic nitrogens is 7. The zero-order valence-electron chi connectivity index (χ0n) is 65.3. The summed E-state index contributed by atoms with van der Waals surface area (Å²) >= 11 is 6.34. The van der Waals surface area contributed by atoms with Gasteiger partial charge in [-0.25, -0.2) is 15.0 Å². The Morgan fingerprint density at radius 3 is 1.09 bits per heavy atom. The van der Waals surface area contributed by atoms with E-state index in [-0.39, 0.29) is 26.4 Å². The van der Waals surface area contributed by atoms with Gasteiger partial charge in [-0.05, 0) is 163 Å². The molecule has 0 bridgehead atoms. The minimum absolute atomic E-state index is 0.202. The number of ether oxygens (including phenoxy) is 4. The molecule has 584 valence electrons. The van der Waals surface area contributed by atoms with E-state index in [2.05, 4.69) is 117 Å². The normalized spacial score (nSPS) is 12.1. The van der Waals surface area contributed by atoms with E-state index in [4.69, 9.17) is 30.5 Å². The zero-order valence-corrected chi connectivity index (χ0v) is 66.1. The van der Waals surface area contributed by atoms with Crippen molar-refractivity contribution in [2.24, 2.45) is 0 Å². The Morgan fingerprint density at radius 1 is 0.295 bits per heavy atom. The summed E-state index contributed by atoms with van der Waals surface area (Å²) in [5.41, 5.74) is 17.1. The van der Waals surface area contributed by atoms with Crippen LogP contribution in [0.1, 0.15) is 83.6 Å². The van der Waals surface area contributed by atoms with Gasteiger partial charge in [0.1, 0.15) is 56.6 Å². The summed E-state index contributed by atoms with van der Waals surface area (Å²) in [6, 6.07) is 69.8. The number of hydrogen-bond acceptors (Lipinski definition) is 19. The lowest BCUT2D eigenvalue weighted by molar-refractivity contribution is 0.0611. The summed E-state index contributed by atoms with van der Waals surface area (Å²) in [4.78, 5) is 38.5. The lowest BCUT2D eigenvalue weighted by Crippen LogP contribution is -2.35. The second-order valence-corrected chi connectivity index (χ2v) is 28.5. The summed E-state index contributed by atoms with van der Waals surface area (Å²) in [7, 11) is 0. The Labute approximate surface area is 665 Å². The Bertz CT molecular complexity index is 4000. The van der Waals surface area contributed by atoms with Crippen LogP contribution in [0.4, 0.5) is 0 Å². The van der Waals surface area contributed by atoms with Crippen LogP contribution in [0.2, 0.25) is 5.02 Å². The van der Waals surface area contributed by atoms with Gasteiger partial charge >= 0.3 is 0 Å². The molecule has 0 spiro atoms. The van der Waals surface area contributed by atoms with Gasteiger partial charge in [0.05, 0.1) is 0 Å². The fraction of sp³-hybridized carbons (Fsp3) is 0.293. The Kier molecular flexibility index (Phi) is 35.7. The van der Waals surface area contributed by atoms with Crippen LogP contribution in [0, 0.1) is 48.5 Å². The standard InChI is InChI=1S/C23H25ClN2O2.3C23H27N3O2/c1-18-8-10-22(11-9-18)28-17-21(27)16-26(14-19-5-4-12-25-13-19)15-20-6-2-3-7-23(20)24;1-18-9-10-23(25-12-18)28-17-22(27)16-26(14-20-7-5-11-24-13-20)15-21-8-4-3-6-19(21)2;1-18-10-11-23(25-13-18)28-17-22(27)16-26(14-20-7-4-3-5-8-20)15-21-9-6-12-24-19(21)2;1-18-8-9-23(25-12-18)28-17-22(27)16-26(14-20-6-4-3-5-7-20)15-21-13-24-11-10-19(21)2/h2-13,21,27H,14-17H2,1H3;3*3-13,22,27H,14-17H2,1-2H3. The third-order valence-electron chi connectivity index (χ3n) is 18.1. The number of aryl methyl sites for hydroxylation is 7. The molecule has 0 fully saturated rings. The highest BCUT2D eigenvalue weighted by Crippen LogP contribution is 2.22. The van der Waals surface area contributed by atoms with Gasteiger partial charge in [-0.3, -0.25) is 39.5 Å². The van der Waals surface area contributed by atoms with E-state index in [1.165, 1.54) is 33.4 Å². The summed E-state index contributed by atoms with van der Waals surface area (Å²) in [5, 5.41) is 42.9. The maximum absolute atomic E-state index is 10.6. The van der Waals surface area contributed by atoms with Crippen molar-refractivity contribution in [1.82, 2.24) is 54.5 Å². The predicted molar refractivity (Wildman–Crippen MR) is 443 cm³/mol. The van der Waals surface area contributed by atoms with Crippen molar-refractivity contribution in [3.05, 3.63) is 363 Å². The molecule has 5 aromatic carbocycles. The maximum atomic E-state index is 10.6. The number of rotatable bonds is 36. The highest BCUT2D eigenvalue weighted by molar-refractivity contribution is 6.31. The monoisotopic (exact) mass is 1530 g/mol. The Hall–Kier alpha value is -10.7. The molecule has 12 rings (SSSR count). The van der Waals surface area contributed by atoms with E-state index in [9.17, 15) is 20.4 Å². The molecule has 4 unspecified atom stereocenters. The molecule has 4 atom stereocenters. The van der Waals surface area contributed by atoms with Crippen LogP contribution in [-0.4, -0.2) is 152 Å². The van der Waals surface area contributed by atoms with Gasteiger partial charge in [-0.2, -0.15) is 0 Å². The third kappa shape index (κ3) is 32.0. The molecule has 0 aliphatic carbocycles. The molecule has 7 aromatic heterocycles. The Balaban J connectivity index is 0.000000171. The summed E-state index contributed by atoms with van der Waals surface area (Å²) in [5.74, 6) is 2.35. The zero-order chi connectivity index (χ0) is 79.1. The van der Waals surface area contributed by atoms with Gasteiger partial charge in [0, 0.05) is 169 Å². The molecule has 0 aliphatic heterocycles. The van der Waals surface area contributed by atoms with Crippen LogP contribution in [0.15, 0.2) is 274 Å². The van der Waals surface area contributed by atoms with Crippen LogP contribution in [0.25, 0.3) is 0 Å². The molecular formula is C92H106ClN11O8. The van der Waals surface area contributed by atoms with Crippen molar-refractivity contribution < 1.29 is 39.4 Å². The van der Waals surface area contributed by atoms with Crippen LogP contribution >= 0.6 is 11.6 Å². The molecule has 19 nitrogen and oxygen atoms in total. The maximum Gasteiger partial charge on any atom is 0.213 e. The smallest absolute Gasteiger partial charge is 0.213 e. The first-order valence-corrected chi connectivity index (χ1v) is 38.2. The second kappa shape index (κ2) is 46.9. The van der Waals surface area contributed by atoms with Gasteiger partial charge in [0.2, 0.25) is 17.6 Å². The largest absolute Gasteiger partial charge is 0.491 e. The first kappa shape index (κ1) is 85.3. The number of aliphatic hydroxyl groups is 4. The molecule has 20 heteroatoms. The third-order valence-corrected chi connectivity index (χ3v) is 18.4. The highest BCUT2D eigenvalue weighted by Gasteiger charge is 2.21. The van der Waals surface area contributed by atoms with Gasteiger partial charge in [-0.15, -0.1) is 0 Å². The first-order valence-electron chi connectivity index (χ1n) is 37.8. The summed E-state index contributed by atoms with van der Waals surface area (Å²) in [6.07, 6.45) is 15.5. The lowest BCUT2D eigenvalue weighted by Gasteiger charge is -2.26. The van der Waals surface area contributed by atoms with Gasteiger partial charge in [0.15, 0.2) is 0 Å². The van der Waals surface area contributed by atoms with Crippen molar-refractivity contribution in [3.63, 3.8) is 0 Å². The van der Waals surface area contributed by atoms with Gasteiger partial charge in [0.25, 0.3) is 0 Å². The molecule has 112 heavy (non-hydrogen) atoms. The van der Waals surface area contributed by atoms with Crippen LogP contribution < -0.4 is 18.9 Å². The van der Waals surface area contributed by atoms with Crippen LogP contribution in [-0.2, 0) is 52.4 Å². The van der Waals surface area contributed by atoms with E-state index in [1.807, 2.05) is 217 Å². The fourth-order valence-corrected chi connectivity index (χ4v) is 12.2. The molecular weight excluding hydrogens is 1420 g/mol. The topological polar surface area (TPSA) is 221 Å². The van der Waals surface area contributed by atoms with Gasteiger partial charge in [-0.1, -0.05) is 169 Å². The number of pyridine rings is 7. The minimum Gasteiger partial charge on any atom is -0.491 e. The molecule has 4 N–H and O–H groups in total. The molecule has 0 aliphatic rings. The van der Waals surface area contributed by atoms with E-state index in [1.54, 1.807) is 43.4 Å². The van der Waals surface area contributed by atoms with Gasteiger partial charge < -0.3 is 39.4 Å². The van der Waals surface area contributed by atoms with E-state index >= 15 is 0 Å². The number of benzene rings is 5. The van der Waals surface area contributed by atoms with E-state index < -0.39 is 24.4 Å². The summed E-state index contributed by atoms with van der Waals surface area (Å²) < 4.78 is 22.7. The van der Waals surface area contributed by atoms with E-state index in [0.717, 1.165) is 80.6 Å². The molecule has 0 saturated carbocycles. The first-order chi connectivity index (χ1) is 54.4. The molecule has 0 radical (unpaired) electrons. The number of hydrogen-bond donors (Lipinski definition) is 4. The average molecular weight is 1530 g/mol. The average Bonchev–Trinajstić information content (AvgIpc) is 0.875. The molecule has 0 saturated heterocycles. The van der Waals surface area contributed by atoms with Crippen LogP contribution in [0.3, 0.4) is 0 Å². The minimum atomic E-state index is -0.625. The quantitative estimate of drug-likeness (QED) is 0.0287. The number of nitrogens with zero attached hydrogens (tertiary/aromatic N) is 11. The van der Waals surface area contributed by atoms with Crippen molar-refractivity contribution in [2.75, 3.05) is 52.6 Å². The number of aliphatic hydroxyl groups excluding tert-OH is 4. The second-order valence-electron chi connectivity index (χ2n) is 28.1. The lowest BCUT2D eigenvalue weighted by atomic mass is 10.1. The van der Waals surface area contributed by atoms with Crippen molar-refractivity contribution >= 4 is 11.6 Å². The van der Waals surface area contributed by atoms with Crippen LogP contribution in [0.5, 0.6) is 23.4 Å². The van der Waals surface area contributed by atoms with Crippen molar-refractivity contribution in [1.29, 1.82) is 0 Å². The number of halogens is 1. The highest BCUT2D eigenvalue weighted by atomic mass is 35.5. The molecule has 12 aromatic rings. The van der Waals surface area contributed by atoms with Crippen molar-refractivity contribution in [3.8, 4) is 23.4 Å². The fourth-order valence-electron chi connectivity index (χ4n) is 12.0. The van der Waals surface area contributed by atoms with E-state index in [0.29, 0.717) is 76.5 Å². The molecule has 0 amide bonds. The summed E-state index contributed by atoms with van der Waals surface area (Å²) in [6.45, 7) is 22.7. The molecule has 7 heterocycles.